The normalized spacial score (nSPS) is 10.2. The molecule has 3 heteroatoms. The summed E-state index contributed by atoms with van der Waals surface area (Å²) in [6.45, 7) is 3.50. The molecule has 0 bridgehead atoms. The molecule has 0 N–H and O–H groups in total. The summed E-state index contributed by atoms with van der Waals surface area (Å²) in [5.41, 5.74) is 3.47. The zero-order chi connectivity index (χ0) is 13.1. The highest BCUT2D eigenvalue weighted by atomic mass is 16.5. The van der Waals surface area contributed by atoms with E-state index in [1.165, 1.54) is 0 Å². The molecule has 3 nitrogen and oxygen atoms in total. The van der Waals surface area contributed by atoms with Gasteiger partial charge in [0.05, 0.1) is 7.11 Å². The van der Waals surface area contributed by atoms with Crippen molar-refractivity contribution >= 4 is 5.78 Å². The maximum atomic E-state index is 11.5. The van der Waals surface area contributed by atoms with Gasteiger partial charge in [0.1, 0.15) is 5.75 Å². The van der Waals surface area contributed by atoms with Crippen LogP contribution in [0, 0.1) is 6.92 Å². The van der Waals surface area contributed by atoms with Gasteiger partial charge in [0, 0.05) is 28.6 Å². The van der Waals surface area contributed by atoms with Gasteiger partial charge in [-0.15, -0.1) is 0 Å². The van der Waals surface area contributed by atoms with Gasteiger partial charge >= 0.3 is 0 Å². The standard InChI is InChI=1S/C15H15NO2/c1-10-13(5-4-8-16-10)14-9-12(11(2)17)6-7-15(14)18-3/h4-9H,1-3H3. The van der Waals surface area contributed by atoms with Crippen molar-refractivity contribution in [2.45, 2.75) is 13.8 Å². The molecule has 0 aliphatic carbocycles. The molecule has 0 saturated heterocycles. The number of nitrogens with zero attached hydrogens (tertiary/aromatic N) is 1. The lowest BCUT2D eigenvalue weighted by Crippen LogP contribution is -1.96. The number of aryl methyl sites for hydroxylation is 1. The van der Waals surface area contributed by atoms with Crippen LogP contribution in [0.15, 0.2) is 36.5 Å². The second-order valence-electron chi connectivity index (χ2n) is 4.11. The van der Waals surface area contributed by atoms with Crippen LogP contribution in [0.4, 0.5) is 0 Å². The highest BCUT2D eigenvalue weighted by molar-refractivity contribution is 5.96. The van der Waals surface area contributed by atoms with E-state index in [2.05, 4.69) is 4.98 Å². The molecule has 0 radical (unpaired) electrons. The van der Waals surface area contributed by atoms with Crippen LogP contribution >= 0.6 is 0 Å². The highest BCUT2D eigenvalue weighted by Gasteiger charge is 2.11. The van der Waals surface area contributed by atoms with Crippen molar-refractivity contribution in [3.8, 4) is 16.9 Å². The summed E-state index contributed by atoms with van der Waals surface area (Å²) in [5, 5.41) is 0. The van der Waals surface area contributed by atoms with Gasteiger partial charge in [0.15, 0.2) is 5.78 Å². The van der Waals surface area contributed by atoms with Crippen molar-refractivity contribution in [3.63, 3.8) is 0 Å². The number of ketones is 1. The zero-order valence-corrected chi connectivity index (χ0v) is 10.7. The Bertz CT molecular complexity index is 591. The van der Waals surface area contributed by atoms with Crippen molar-refractivity contribution in [3.05, 3.63) is 47.8 Å². The molecule has 2 aromatic rings. The van der Waals surface area contributed by atoms with Crippen LogP contribution in [0.2, 0.25) is 0 Å². The number of carbonyl (C=O) groups excluding carboxylic acids is 1. The summed E-state index contributed by atoms with van der Waals surface area (Å²) < 4.78 is 5.35. The Morgan fingerprint density at radius 2 is 2.00 bits per heavy atom. The smallest absolute Gasteiger partial charge is 0.159 e. The first-order chi connectivity index (χ1) is 8.63. The Hall–Kier alpha value is -2.16. The van der Waals surface area contributed by atoms with Gasteiger partial charge in [-0.05, 0) is 38.1 Å². The summed E-state index contributed by atoms with van der Waals surface area (Å²) in [4.78, 5) is 15.7. The minimum absolute atomic E-state index is 0.0421. The molecule has 0 fully saturated rings. The number of carbonyl (C=O) groups is 1. The first-order valence-electron chi connectivity index (χ1n) is 5.74. The fraction of sp³-hybridized carbons (Fsp3) is 0.200. The number of methoxy groups -OCH3 is 1. The maximum absolute atomic E-state index is 11.5. The minimum Gasteiger partial charge on any atom is -0.496 e. The van der Waals surface area contributed by atoms with E-state index in [0.29, 0.717) is 5.56 Å². The molecule has 1 aromatic carbocycles. The average molecular weight is 241 g/mol. The molecule has 2 rings (SSSR count). The van der Waals surface area contributed by atoms with Crippen LogP contribution in [-0.2, 0) is 0 Å². The van der Waals surface area contributed by atoms with Crippen molar-refractivity contribution in [1.82, 2.24) is 4.98 Å². The molecule has 0 saturated carbocycles. The molecule has 18 heavy (non-hydrogen) atoms. The Labute approximate surface area is 106 Å². The third-order valence-electron chi connectivity index (χ3n) is 2.90. The van der Waals surface area contributed by atoms with Gasteiger partial charge < -0.3 is 4.74 Å². The quantitative estimate of drug-likeness (QED) is 0.774. The van der Waals surface area contributed by atoms with Crippen LogP contribution < -0.4 is 4.74 Å². The van der Waals surface area contributed by atoms with Crippen molar-refractivity contribution in [2.75, 3.05) is 7.11 Å². The molecule has 0 aliphatic heterocycles. The van der Waals surface area contributed by atoms with E-state index in [0.717, 1.165) is 22.6 Å². The fourth-order valence-electron chi connectivity index (χ4n) is 1.91. The lowest BCUT2D eigenvalue weighted by atomic mass is 9.99. The number of ether oxygens (including phenoxy) is 1. The zero-order valence-electron chi connectivity index (χ0n) is 10.7. The SMILES string of the molecule is COc1ccc(C(C)=O)cc1-c1cccnc1C. The van der Waals surface area contributed by atoms with Gasteiger partial charge in [-0.3, -0.25) is 9.78 Å². The third-order valence-corrected chi connectivity index (χ3v) is 2.90. The Balaban J connectivity index is 2.64. The summed E-state index contributed by atoms with van der Waals surface area (Å²) in [6, 6.07) is 9.30. The van der Waals surface area contributed by atoms with E-state index in [1.54, 1.807) is 26.3 Å². The summed E-state index contributed by atoms with van der Waals surface area (Å²) in [6.07, 6.45) is 1.75. The van der Waals surface area contributed by atoms with Crippen molar-refractivity contribution < 1.29 is 9.53 Å². The third kappa shape index (κ3) is 2.25. The van der Waals surface area contributed by atoms with Gasteiger partial charge in [-0.1, -0.05) is 6.07 Å². The van der Waals surface area contributed by atoms with Gasteiger partial charge in [-0.2, -0.15) is 0 Å². The molecular formula is C15H15NO2. The van der Waals surface area contributed by atoms with Gasteiger partial charge in [0.2, 0.25) is 0 Å². The van der Waals surface area contributed by atoms with E-state index in [1.807, 2.05) is 31.2 Å². The first kappa shape index (κ1) is 12.3. The van der Waals surface area contributed by atoms with Crippen LogP contribution in [0.25, 0.3) is 11.1 Å². The Morgan fingerprint density at radius 1 is 1.22 bits per heavy atom. The van der Waals surface area contributed by atoms with Crippen molar-refractivity contribution in [2.24, 2.45) is 0 Å². The number of Topliss-reactive ketones (excluding diaryl/α,β-unsaturated/α-hetero) is 1. The number of hydrogen-bond donors (Lipinski definition) is 0. The molecule has 0 aliphatic rings. The number of benzene rings is 1. The molecule has 1 aromatic heterocycles. The minimum atomic E-state index is 0.0421. The van der Waals surface area contributed by atoms with E-state index >= 15 is 0 Å². The monoisotopic (exact) mass is 241 g/mol. The molecule has 0 amide bonds. The van der Waals surface area contributed by atoms with Gasteiger partial charge in [-0.25, -0.2) is 0 Å². The van der Waals surface area contributed by atoms with Gasteiger partial charge in [0.25, 0.3) is 0 Å². The maximum Gasteiger partial charge on any atom is 0.159 e. The molecular weight excluding hydrogens is 226 g/mol. The van der Waals surface area contributed by atoms with Crippen LogP contribution in [0.3, 0.4) is 0 Å². The average Bonchev–Trinajstić information content (AvgIpc) is 2.38. The Kier molecular flexibility index (Phi) is 3.42. The summed E-state index contributed by atoms with van der Waals surface area (Å²) >= 11 is 0. The fourth-order valence-corrected chi connectivity index (χ4v) is 1.91. The van der Waals surface area contributed by atoms with Crippen LogP contribution in [0.1, 0.15) is 23.0 Å². The highest BCUT2D eigenvalue weighted by Crippen LogP contribution is 2.32. The van der Waals surface area contributed by atoms with Crippen LogP contribution in [-0.4, -0.2) is 17.9 Å². The number of aromatic nitrogens is 1. The molecule has 0 spiro atoms. The molecule has 92 valence electrons. The van der Waals surface area contributed by atoms with Crippen molar-refractivity contribution in [1.29, 1.82) is 0 Å². The summed E-state index contributed by atoms with van der Waals surface area (Å²) in [5.74, 6) is 0.788. The molecule has 0 atom stereocenters. The van der Waals surface area contributed by atoms with Crippen LogP contribution in [0.5, 0.6) is 5.75 Å². The predicted octanol–water partition coefficient (Wildman–Crippen LogP) is 3.27. The molecule has 1 heterocycles. The number of hydrogen-bond acceptors (Lipinski definition) is 3. The van der Waals surface area contributed by atoms with E-state index in [-0.39, 0.29) is 5.78 Å². The second kappa shape index (κ2) is 5.00. The summed E-state index contributed by atoms with van der Waals surface area (Å²) in [7, 11) is 1.62. The van der Waals surface area contributed by atoms with E-state index in [4.69, 9.17) is 4.74 Å². The second-order valence-corrected chi connectivity index (χ2v) is 4.11. The van der Waals surface area contributed by atoms with E-state index in [9.17, 15) is 4.79 Å². The Morgan fingerprint density at radius 3 is 2.61 bits per heavy atom. The van der Waals surface area contributed by atoms with E-state index < -0.39 is 0 Å². The number of rotatable bonds is 3. The number of pyridine rings is 1. The largest absolute Gasteiger partial charge is 0.496 e. The molecule has 0 unspecified atom stereocenters. The lowest BCUT2D eigenvalue weighted by molar-refractivity contribution is 0.101. The topological polar surface area (TPSA) is 39.2 Å². The first-order valence-corrected chi connectivity index (χ1v) is 5.74. The lowest BCUT2D eigenvalue weighted by Gasteiger charge is -2.11. The predicted molar refractivity (Wildman–Crippen MR) is 71.0 cm³/mol.